The van der Waals surface area contributed by atoms with Crippen molar-refractivity contribution >= 4 is 23.3 Å². The van der Waals surface area contributed by atoms with Crippen LogP contribution in [0.15, 0.2) is 5.38 Å². The van der Waals surface area contributed by atoms with Gasteiger partial charge in [-0.25, -0.2) is 14.6 Å². The molecule has 196 valence electrons. The maximum Gasteiger partial charge on any atom is 0.490 e. The summed E-state index contributed by atoms with van der Waals surface area (Å²) in [5.41, 5.74) is 1.04. The molecule has 1 aromatic heterocycles. The first-order valence-electron chi connectivity index (χ1n) is 9.60. The van der Waals surface area contributed by atoms with Crippen molar-refractivity contribution in [3.8, 4) is 0 Å². The van der Waals surface area contributed by atoms with Crippen LogP contribution in [0.2, 0.25) is 0 Å². The second kappa shape index (κ2) is 13.2. The lowest BCUT2D eigenvalue weighted by atomic mass is 10.0. The van der Waals surface area contributed by atoms with E-state index in [1.165, 1.54) is 0 Å². The molecule has 2 saturated heterocycles. The molecule has 0 saturated carbocycles. The summed E-state index contributed by atoms with van der Waals surface area (Å²) < 4.78 is 80.4. The molecule has 0 aromatic carbocycles. The molecule has 34 heavy (non-hydrogen) atoms. The van der Waals surface area contributed by atoms with E-state index in [0.29, 0.717) is 18.6 Å². The van der Waals surface area contributed by atoms with Gasteiger partial charge in [-0.3, -0.25) is 4.90 Å². The monoisotopic (exact) mass is 526 g/mol. The van der Waals surface area contributed by atoms with Gasteiger partial charge < -0.3 is 24.4 Å². The Morgan fingerprint density at radius 3 is 2.18 bits per heavy atom. The van der Waals surface area contributed by atoms with E-state index in [1.54, 1.807) is 18.4 Å². The number of fused-ring (bicyclic) bond motifs is 1. The standard InChI is InChI=1S/C14H22N2O3S.2C2HF3O2/c1-10-15-11(9-20-10)6-19-14-5-16(3-4-17-2)13-8-18-7-12(13)14;2*3-2(4,5)1(6)7/h9,12-14H,3-8H2,1-2H3;2*(H,6,7)/t12-,13+,14-;;/m0../s1. The zero-order valence-electron chi connectivity index (χ0n) is 18.1. The van der Waals surface area contributed by atoms with Crippen LogP contribution in [0.3, 0.4) is 0 Å². The van der Waals surface area contributed by atoms with Crippen LogP contribution in [0.4, 0.5) is 26.3 Å². The number of ether oxygens (including phenoxy) is 3. The minimum Gasteiger partial charge on any atom is -0.475 e. The van der Waals surface area contributed by atoms with Crippen molar-refractivity contribution in [2.75, 3.05) is 40.0 Å². The van der Waals surface area contributed by atoms with Gasteiger partial charge in [-0.05, 0) is 6.92 Å². The number of carboxylic acids is 2. The van der Waals surface area contributed by atoms with Crippen LogP contribution in [0.25, 0.3) is 0 Å². The van der Waals surface area contributed by atoms with Crippen molar-refractivity contribution in [1.82, 2.24) is 9.88 Å². The number of methoxy groups -OCH3 is 1. The zero-order valence-corrected chi connectivity index (χ0v) is 18.9. The predicted molar refractivity (Wildman–Crippen MR) is 104 cm³/mol. The fraction of sp³-hybridized carbons (Fsp3) is 0.722. The lowest BCUT2D eigenvalue weighted by Gasteiger charge is -2.21. The van der Waals surface area contributed by atoms with Crippen molar-refractivity contribution in [3.05, 3.63) is 16.1 Å². The van der Waals surface area contributed by atoms with Crippen molar-refractivity contribution in [2.24, 2.45) is 5.92 Å². The number of thiazole rings is 1. The average Bonchev–Trinajstić information content (AvgIpc) is 3.42. The summed E-state index contributed by atoms with van der Waals surface area (Å²) in [6.45, 7) is 6.97. The van der Waals surface area contributed by atoms with Crippen LogP contribution in [0.5, 0.6) is 0 Å². The van der Waals surface area contributed by atoms with Gasteiger partial charge in [0.15, 0.2) is 0 Å². The molecular weight excluding hydrogens is 502 g/mol. The summed E-state index contributed by atoms with van der Waals surface area (Å²) >= 11 is 1.68. The van der Waals surface area contributed by atoms with Gasteiger partial charge in [0.2, 0.25) is 0 Å². The van der Waals surface area contributed by atoms with Gasteiger partial charge in [-0.15, -0.1) is 11.3 Å². The van der Waals surface area contributed by atoms with Gasteiger partial charge in [0.05, 0.1) is 43.2 Å². The lowest BCUT2D eigenvalue weighted by Crippen LogP contribution is -2.35. The molecule has 1 aromatic rings. The van der Waals surface area contributed by atoms with Crippen LogP contribution < -0.4 is 0 Å². The first kappa shape index (κ1) is 30.0. The number of rotatable bonds is 6. The fourth-order valence-electron chi connectivity index (χ4n) is 3.10. The highest BCUT2D eigenvalue weighted by molar-refractivity contribution is 7.09. The van der Waals surface area contributed by atoms with Gasteiger partial charge in [0, 0.05) is 37.5 Å². The molecule has 3 atom stereocenters. The molecule has 2 N–H and O–H groups in total. The molecule has 3 rings (SSSR count). The molecule has 0 unspecified atom stereocenters. The van der Waals surface area contributed by atoms with Gasteiger partial charge >= 0.3 is 24.3 Å². The molecular formula is C18H24F6N2O7S. The van der Waals surface area contributed by atoms with Gasteiger partial charge in [-0.2, -0.15) is 26.3 Å². The number of aryl methyl sites for hydroxylation is 1. The third-order valence-corrected chi connectivity index (χ3v) is 5.46. The Hall–Kier alpha value is -2.01. The van der Waals surface area contributed by atoms with Crippen LogP contribution in [-0.2, 0) is 30.4 Å². The predicted octanol–water partition coefficient (Wildman–Crippen LogP) is 2.58. The molecule has 2 aliphatic rings. The van der Waals surface area contributed by atoms with E-state index in [1.807, 2.05) is 6.92 Å². The molecule has 16 heteroatoms. The molecule has 0 bridgehead atoms. The van der Waals surface area contributed by atoms with Gasteiger partial charge in [0.1, 0.15) is 0 Å². The maximum absolute atomic E-state index is 10.6. The smallest absolute Gasteiger partial charge is 0.475 e. The Bertz CT molecular complexity index is 766. The Balaban J connectivity index is 0.000000343. The Labute approximate surface area is 194 Å². The summed E-state index contributed by atoms with van der Waals surface area (Å²) in [6.07, 6.45) is -9.92. The number of carbonyl (C=O) groups is 2. The number of nitrogens with zero attached hydrogens (tertiary/aromatic N) is 2. The van der Waals surface area contributed by atoms with E-state index in [2.05, 4.69) is 15.3 Å². The quantitative estimate of drug-likeness (QED) is 0.540. The molecule has 0 radical (unpaired) electrons. The van der Waals surface area contributed by atoms with Crippen LogP contribution in [0.1, 0.15) is 10.7 Å². The van der Waals surface area contributed by atoms with Crippen LogP contribution >= 0.6 is 11.3 Å². The van der Waals surface area contributed by atoms with E-state index < -0.39 is 24.3 Å². The second-order valence-electron chi connectivity index (χ2n) is 7.07. The van der Waals surface area contributed by atoms with Crippen molar-refractivity contribution in [1.29, 1.82) is 0 Å². The third-order valence-electron chi connectivity index (χ3n) is 4.63. The summed E-state index contributed by atoms with van der Waals surface area (Å²) in [5.74, 6) is -5.02. The summed E-state index contributed by atoms with van der Waals surface area (Å²) in [5, 5.41) is 17.4. The fourth-order valence-corrected chi connectivity index (χ4v) is 3.70. The van der Waals surface area contributed by atoms with Crippen LogP contribution in [0, 0.1) is 12.8 Å². The number of hydrogen-bond donors (Lipinski definition) is 2. The molecule has 9 nitrogen and oxygen atoms in total. The van der Waals surface area contributed by atoms with Gasteiger partial charge in [0.25, 0.3) is 0 Å². The maximum atomic E-state index is 10.6. The zero-order chi connectivity index (χ0) is 26.1. The number of carboxylic acid groups (broad SMARTS) is 2. The Kier molecular flexibility index (Phi) is 11.6. The average molecular weight is 526 g/mol. The molecule has 2 fully saturated rings. The SMILES string of the molecule is COCCN1C[C@H](OCc2csc(C)n2)[C@H]2COC[C@H]21.O=C(O)C(F)(F)F.O=C(O)C(F)(F)F. The van der Waals surface area contributed by atoms with Crippen molar-refractivity contribution < 1.29 is 60.4 Å². The second-order valence-corrected chi connectivity index (χ2v) is 8.13. The Morgan fingerprint density at radius 2 is 1.74 bits per heavy atom. The highest BCUT2D eigenvalue weighted by Gasteiger charge is 2.45. The van der Waals surface area contributed by atoms with Crippen LogP contribution in [-0.4, -0.2) is 96.6 Å². The van der Waals surface area contributed by atoms with Gasteiger partial charge in [-0.1, -0.05) is 0 Å². The Morgan fingerprint density at radius 1 is 1.18 bits per heavy atom. The van der Waals surface area contributed by atoms with E-state index in [9.17, 15) is 26.3 Å². The minimum absolute atomic E-state index is 0.251. The van der Waals surface area contributed by atoms with E-state index in [4.69, 9.17) is 34.0 Å². The third kappa shape index (κ3) is 10.1. The van der Waals surface area contributed by atoms with Crippen molar-refractivity contribution in [3.63, 3.8) is 0 Å². The summed E-state index contributed by atoms with van der Waals surface area (Å²) in [6, 6.07) is 0.493. The highest BCUT2D eigenvalue weighted by Crippen LogP contribution is 2.32. The molecule has 0 aliphatic carbocycles. The molecule has 3 heterocycles. The topological polar surface area (TPSA) is 118 Å². The summed E-state index contributed by atoms with van der Waals surface area (Å²) in [4.78, 5) is 24.7. The molecule has 2 aliphatic heterocycles. The first-order valence-corrected chi connectivity index (χ1v) is 10.5. The van der Waals surface area contributed by atoms with Crippen molar-refractivity contribution in [2.45, 2.75) is 38.0 Å². The number of hydrogen-bond acceptors (Lipinski definition) is 8. The van der Waals surface area contributed by atoms with E-state index in [0.717, 1.165) is 43.6 Å². The van der Waals surface area contributed by atoms with E-state index in [-0.39, 0.29) is 6.10 Å². The van der Waals surface area contributed by atoms with E-state index >= 15 is 0 Å². The molecule has 0 amide bonds. The highest BCUT2D eigenvalue weighted by atomic mass is 32.1. The first-order chi connectivity index (χ1) is 15.7. The number of aliphatic carboxylic acids is 2. The lowest BCUT2D eigenvalue weighted by molar-refractivity contribution is -0.193. The number of aromatic nitrogens is 1. The summed E-state index contributed by atoms with van der Waals surface area (Å²) in [7, 11) is 1.75. The molecule has 0 spiro atoms. The number of alkyl halides is 6. The largest absolute Gasteiger partial charge is 0.490 e. The number of halogens is 6. The normalized spacial score (nSPS) is 22.3. The minimum atomic E-state index is -5.08. The number of likely N-dealkylation sites (tertiary alicyclic amines) is 1.